The number of amides is 1. The molecule has 1 aliphatic rings. The third-order valence-electron chi connectivity index (χ3n) is 7.53. The zero-order chi connectivity index (χ0) is 28.4. The fraction of sp³-hybridized carbons (Fsp3) is 0.281. The van der Waals surface area contributed by atoms with Crippen molar-refractivity contribution in [3.05, 3.63) is 107 Å². The summed E-state index contributed by atoms with van der Waals surface area (Å²) < 4.78 is 2.29. The fourth-order valence-corrected chi connectivity index (χ4v) is 5.78. The SMILES string of the molecule is Cc1ccc(NC(=O)CCN2C(=S)N[C@@H](c3ccccn3)[C@@H]2c2cc(C)n(-c3ccc(N(C)C)cc3)c2C)cc1. The summed E-state index contributed by atoms with van der Waals surface area (Å²) in [5.41, 5.74) is 8.57. The van der Waals surface area contributed by atoms with Gasteiger partial charge in [0.1, 0.15) is 0 Å². The molecule has 4 aromatic rings. The highest BCUT2D eigenvalue weighted by Gasteiger charge is 2.41. The molecule has 0 spiro atoms. The van der Waals surface area contributed by atoms with Crippen LogP contribution in [0.25, 0.3) is 5.69 Å². The van der Waals surface area contributed by atoms with E-state index in [0.717, 1.165) is 45.3 Å². The maximum Gasteiger partial charge on any atom is 0.226 e. The molecule has 2 N–H and O–H groups in total. The fourth-order valence-electron chi connectivity index (χ4n) is 5.45. The number of nitrogens with zero attached hydrogens (tertiary/aromatic N) is 4. The van der Waals surface area contributed by atoms with E-state index in [2.05, 4.69) is 74.2 Å². The lowest BCUT2D eigenvalue weighted by molar-refractivity contribution is -0.116. The molecule has 8 heteroatoms. The number of hydrogen-bond donors (Lipinski definition) is 2. The van der Waals surface area contributed by atoms with Crippen LogP contribution in [0.2, 0.25) is 0 Å². The van der Waals surface area contributed by atoms with Crippen LogP contribution < -0.4 is 15.5 Å². The molecule has 0 unspecified atom stereocenters. The van der Waals surface area contributed by atoms with Crippen molar-refractivity contribution < 1.29 is 4.79 Å². The molecule has 3 heterocycles. The number of pyridine rings is 1. The van der Waals surface area contributed by atoms with Crippen molar-refractivity contribution >= 4 is 34.6 Å². The Bertz CT molecular complexity index is 1500. The third kappa shape index (κ3) is 5.58. The molecule has 0 saturated carbocycles. The number of rotatable bonds is 8. The summed E-state index contributed by atoms with van der Waals surface area (Å²) in [6.07, 6.45) is 2.12. The highest BCUT2D eigenvalue weighted by atomic mass is 32.1. The Balaban J connectivity index is 1.46. The van der Waals surface area contributed by atoms with Crippen LogP contribution in [0.3, 0.4) is 0 Å². The van der Waals surface area contributed by atoms with Gasteiger partial charge in [0, 0.05) is 61.7 Å². The first-order chi connectivity index (χ1) is 19.2. The van der Waals surface area contributed by atoms with E-state index in [9.17, 15) is 4.79 Å². The van der Waals surface area contributed by atoms with E-state index < -0.39 is 0 Å². The summed E-state index contributed by atoms with van der Waals surface area (Å²) in [7, 11) is 4.09. The van der Waals surface area contributed by atoms with Gasteiger partial charge in [0.05, 0.1) is 17.8 Å². The number of hydrogen-bond acceptors (Lipinski definition) is 4. The third-order valence-corrected chi connectivity index (χ3v) is 7.88. The highest BCUT2D eigenvalue weighted by molar-refractivity contribution is 7.80. The first-order valence-electron chi connectivity index (χ1n) is 13.5. The molecule has 1 amide bonds. The minimum absolute atomic E-state index is 0.0434. The predicted molar refractivity (Wildman–Crippen MR) is 166 cm³/mol. The van der Waals surface area contributed by atoms with Gasteiger partial charge >= 0.3 is 0 Å². The molecule has 0 radical (unpaired) electrons. The summed E-state index contributed by atoms with van der Waals surface area (Å²) in [4.78, 5) is 21.8. The quantitative estimate of drug-likeness (QED) is 0.267. The summed E-state index contributed by atoms with van der Waals surface area (Å²) in [6, 6.07) is 24.3. The standard InChI is InChI=1S/C32H36N6OS/c1-21-9-11-24(12-10-21)34-29(39)17-19-37-31(30(35-32(37)40)28-8-6-7-18-33-28)27-20-22(2)38(23(27)3)26-15-13-25(14-16-26)36(4)5/h6-16,18,20,30-31H,17,19H2,1-5H3,(H,34,39)(H,35,40)/t30-,31-/m0/s1. The van der Waals surface area contributed by atoms with Crippen LogP contribution in [0.1, 0.15) is 46.7 Å². The molecule has 206 valence electrons. The van der Waals surface area contributed by atoms with Crippen molar-refractivity contribution in [1.29, 1.82) is 0 Å². The van der Waals surface area contributed by atoms with E-state index in [0.29, 0.717) is 18.1 Å². The molecule has 2 atom stereocenters. The normalized spacial score (nSPS) is 16.6. The van der Waals surface area contributed by atoms with E-state index >= 15 is 0 Å². The molecular formula is C32H36N6OS. The van der Waals surface area contributed by atoms with Crippen LogP contribution in [0.4, 0.5) is 11.4 Å². The Morgan fingerprint density at radius 2 is 1.75 bits per heavy atom. The number of nitrogens with one attached hydrogen (secondary N) is 2. The number of aryl methyl sites for hydroxylation is 2. The van der Waals surface area contributed by atoms with Crippen LogP contribution in [-0.2, 0) is 4.79 Å². The van der Waals surface area contributed by atoms with E-state index in [1.54, 1.807) is 0 Å². The lowest BCUT2D eigenvalue weighted by Crippen LogP contribution is -2.32. The summed E-state index contributed by atoms with van der Waals surface area (Å²) in [6.45, 7) is 6.80. The minimum Gasteiger partial charge on any atom is -0.378 e. The molecule has 5 rings (SSSR count). The Labute approximate surface area is 241 Å². The monoisotopic (exact) mass is 552 g/mol. The maximum absolute atomic E-state index is 12.9. The van der Waals surface area contributed by atoms with Gasteiger partial charge < -0.3 is 25.0 Å². The molecule has 2 aromatic heterocycles. The molecule has 0 aliphatic carbocycles. The van der Waals surface area contributed by atoms with Crippen molar-refractivity contribution in [2.24, 2.45) is 0 Å². The van der Waals surface area contributed by atoms with Gasteiger partial charge in [-0.05, 0) is 93.1 Å². The number of thiocarbonyl (C=S) groups is 1. The second kappa shape index (κ2) is 11.5. The van der Waals surface area contributed by atoms with Crippen LogP contribution in [0, 0.1) is 20.8 Å². The molecular weight excluding hydrogens is 516 g/mol. The van der Waals surface area contributed by atoms with E-state index in [4.69, 9.17) is 12.2 Å². The molecule has 1 fully saturated rings. The van der Waals surface area contributed by atoms with Crippen LogP contribution >= 0.6 is 12.2 Å². The first-order valence-corrected chi connectivity index (χ1v) is 13.9. The maximum atomic E-state index is 12.9. The van der Waals surface area contributed by atoms with Gasteiger partial charge in [0.2, 0.25) is 5.91 Å². The van der Waals surface area contributed by atoms with Gasteiger partial charge in [-0.25, -0.2) is 0 Å². The second-order valence-corrected chi connectivity index (χ2v) is 10.9. The first kappa shape index (κ1) is 27.4. The largest absolute Gasteiger partial charge is 0.378 e. The number of benzene rings is 2. The van der Waals surface area contributed by atoms with Crippen molar-refractivity contribution in [2.45, 2.75) is 39.3 Å². The number of aromatic nitrogens is 2. The minimum atomic E-state index is -0.140. The van der Waals surface area contributed by atoms with Crippen molar-refractivity contribution in [1.82, 2.24) is 19.8 Å². The van der Waals surface area contributed by atoms with E-state index in [1.807, 2.05) is 69.7 Å². The average Bonchev–Trinajstić information content (AvgIpc) is 3.43. The lowest BCUT2D eigenvalue weighted by atomic mass is 9.96. The smallest absolute Gasteiger partial charge is 0.226 e. The second-order valence-electron chi connectivity index (χ2n) is 10.6. The van der Waals surface area contributed by atoms with Gasteiger partial charge in [0.25, 0.3) is 0 Å². The Hall–Kier alpha value is -4.17. The number of anilines is 2. The Kier molecular flexibility index (Phi) is 7.89. The van der Waals surface area contributed by atoms with Gasteiger partial charge in [-0.3, -0.25) is 9.78 Å². The number of carbonyl (C=O) groups is 1. The zero-order valence-electron chi connectivity index (χ0n) is 23.7. The predicted octanol–water partition coefficient (Wildman–Crippen LogP) is 5.86. The molecule has 7 nitrogen and oxygen atoms in total. The van der Waals surface area contributed by atoms with Crippen molar-refractivity contribution in [3.8, 4) is 5.69 Å². The van der Waals surface area contributed by atoms with Crippen LogP contribution in [0.5, 0.6) is 0 Å². The zero-order valence-corrected chi connectivity index (χ0v) is 24.5. The Morgan fingerprint density at radius 3 is 2.40 bits per heavy atom. The average molecular weight is 553 g/mol. The van der Waals surface area contributed by atoms with Gasteiger partial charge in [-0.1, -0.05) is 23.8 Å². The van der Waals surface area contributed by atoms with Gasteiger partial charge in [-0.15, -0.1) is 0 Å². The topological polar surface area (TPSA) is 65.4 Å². The Morgan fingerprint density at radius 1 is 1.02 bits per heavy atom. The lowest BCUT2D eigenvalue weighted by Gasteiger charge is -2.28. The summed E-state index contributed by atoms with van der Waals surface area (Å²) in [5.74, 6) is -0.0434. The van der Waals surface area contributed by atoms with Gasteiger partial charge in [-0.2, -0.15) is 0 Å². The van der Waals surface area contributed by atoms with Crippen molar-refractivity contribution in [3.63, 3.8) is 0 Å². The molecule has 40 heavy (non-hydrogen) atoms. The van der Waals surface area contributed by atoms with E-state index in [1.165, 1.54) is 0 Å². The summed E-state index contributed by atoms with van der Waals surface area (Å²) in [5, 5.41) is 7.16. The van der Waals surface area contributed by atoms with Crippen LogP contribution in [0.15, 0.2) is 79.0 Å². The van der Waals surface area contributed by atoms with Crippen molar-refractivity contribution in [2.75, 3.05) is 30.9 Å². The van der Waals surface area contributed by atoms with E-state index in [-0.39, 0.29) is 18.0 Å². The molecule has 0 bridgehead atoms. The highest BCUT2D eigenvalue weighted by Crippen LogP contribution is 2.41. The summed E-state index contributed by atoms with van der Waals surface area (Å²) >= 11 is 5.85. The number of carbonyl (C=O) groups excluding carboxylic acids is 1. The van der Waals surface area contributed by atoms with Crippen LogP contribution in [-0.4, -0.2) is 46.1 Å². The molecule has 1 aliphatic heterocycles. The molecule has 2 aromatic carbocycles. The van der Waals surface area contributed by atoms with Gasteiger partial charge in [0.15, 0.2) is 5.11 Å². The molecule has 1 saturated heterocycles.